The zero-order valence-electron chi connectivity index (χ0n) is 19.0. The van der Waals surface area contributed by atoms with Gasteiger partial charge in [-0.25, -0.2) is 13.1 Å². The van der Waals surface area contributed by atoms with Crippen LogP contribution in [0.5, 0.6) is 5.75 Å². The summed E-state index contributed by atoms with van der Waals surface area (Å²) in [6.45, 7) is 5.73. The van der Waals surface area contributed by atoms with E-state index in [9.17, 15) is 13.2 Å². The molecule has 8 heteroatoms. The van der Waals surface area contributed by atoms with Crippen molar-refractivity contribution < 1.29 is 17.9 Å². The highest BCUT2D eigenvalue weighted by atomic mass is 32.2. The highest BCUT2D eigenvalue weighted by Crippen LogP contribution is 2.26. The molecule has 0 bridgehead atoms. The molecule has 3 rings (SSSR count). The molecule has 6 nitrogen and oxygen atoms in total. The number of amides is 1. The molecular formula is C24H32N2O4S2. The lowest BCUT2D eigenvalue weighted by atomic mass is 10.1. The first-order valence-electron chi connectivity index (χ1n) is 11.0. The molecule has 1 aliphatic heterocycles. The van der Waals surface area contributed by atoms with E-state index in [1.807, 2.05) is 43.2 Å². The molecule has 0 aliphatic carbocycles. The van der Waals surface area contributed by atoms with Crippen LogP contribution < -0.4 is 9.46 Å². The summed E-state index contributed by atoms with van der Waals surface area (Å²) >= 11 is 1.45. The summed E-state index contributed by atoms with van der Waals surface area (Å²) in [6, 6.07) is 10.7. The van der Waals surface area contributed by atoms with Gasteiger partial charge in [0.05, 0.1) is 10.5 Å². The molecule has 0 atom stereocenters. The number of likely N-dealkylation sites (tertiary alicyclic amines) is 1. The first-order chi connectivity index (χ1) is 15.3. The molecule has 1 heterocycles. The molecule has 1 aliphatic rings. The molecular weight excluding hydrogens is 444 g/mol. The smallest absolute Gasteiger partial charge is 0.255 e. The Balaban J connectivity index is 1.69. The Bertz CT molecular complexity index is 1050. The Morgan fingerprint density at radius 1 is 1.06 bits per heavy atom. The maximum atomic E-state index is 13.2. The number of hydrogen-bond acceptors (Lipinski definition) is 5. The molecule has 2 aromatic rings. The number of benzene rings is 2. The zero-order valence-corrected chi connectivity index (χ0v) is 20.7. The van der Waals surface area contributed by atoms with Crippen LogP contribution in [-0.4, -0.2) is 51.7 Å². The van der Waals surface area contributed by atoms with Gasteiger partial charge in [0, 0.05) is 24.5 Å². The van der Waals surface area contributed by atoms with Gasteiger partial charge >= 0.3 is 0 Å². The standard InChI is InChI=1S/C24H32N2O4S2/c1-18-8-9-19(2)22(16-18)30-15-12-25-32(28,29)20-10-11-23(31-3)21(17-20)24(27)26-13-6-4-5-7-14-26/h8-11,16-17,25H,4-7,12-15H2,1-3H3. The number of aryl methyl sites for hydroxylation is 2. The van der Waals surface area contributed by atoms with E-state index in [0.29, 0.717) is 5.56 Å². The number of hydrogen-bond donors (Lipinski definition) is 1. The molecule has 32 heavy (non-hydrogen) atoms. The van der Waals surface area contributed by atoms with Crippen LogP contribution in [0.3, 0.4) is 0 Å². The second-order valence-electron chi connectivity index (χ2n) is 8.08. The van der Waals surface area contributed by atoms with Gasteiger partial charge in [-0.2, -0.15) is 0 Å². The molecule has 2 aromatic carbocycles. The monoisotopic (exact) mass is 476 g/mol. The van der Waals surface area contributed by atoms with E-state index in [4.69, 9.17) is 4.74 Å². The minimum atomic E-state index is -3.76. The van der Waals surface area contributed by atoms with Crippen LogP contribution in [0, 0.1) is 13.8 Å². The highest BCUT2D eigenvalue weighted by molar-refractivity contribution is 7.98. The van der Waals surface area contributed by atoms with Crippen LogP contribution in [0.4, 0.5) is 0 Å². The predicted octanol–water partition coefficient (Wildman–Crippen LogP) is 4.40. The predicted molar refractivity (Wildman–Crippen MR) is 129 cm³/mol. The molecule has 0 unspecified atom stereocenters. The van der Waals surface area contributed by atoms with Crippen LogP contribution in [0.2, 0.25) is 0 Å². The van der Waals surface area contributed by atoms with Crippen molar-refractivity contribution in [3.63, 3.8) is 0 Å². The van der Waals surface area contributed by atoms with Crippen molar-refractivity contribution in [2.24, 2.45) is 0 Å². The molecule has 0 spiro atoms. The minimum Gasteiger partial charge on any atom is -0.492 e. The van der Waals surface area contributed by atoms with Crippen molar-refractivity contribution in [2.75, 3.05) is 32.5 Å². The Kier molecular flexibility index (Phi) is 8.62. The number of carbonyl (C=O) groups excluding carboxylic acids is 1. The Morgan fingerprint density at radius 3 is 2.47 bits per heavy atom. The Labute approximate surface area is 195 Å². The summed E-state index contributed by atoms with van der Waals surface area (Å²) in [5, 5.41) is 0. The quantitative estimate of drug-likeness (QED) is 0.451. The van der Waals surface area contributed by atoms with Gasteiger partial charge in [0.15, 0.2) is 0 Å². The van der Waals surface area contributed by atoms with E-state index >= 15 is 0 Å². The number of carbonyl (C=O) groups is 1. The van der Waals surface area contributed by atoms with Crippen molar-refractivity contribution in [1.82, 2.24) is 9.62 Å². The summed E-state index contributed by atoms with van der Waals surface area (Å²) in [5.41, 5.74) is 2.54. The van der Waals surface area contributed by atoms with Crippen molar-refractivity contribution in [1.29, 1.82) is 0 Å². The number of nitrogens with zero attached hydrogens (tertiary/aromatic N) is 1. The summed E-state index contributed by atoms with van der Waals surface area (Å²) in [7, 11) is -3.76. The fourth-order valence-electron chi connectivity index (χ4n) is 3.75. The molecule has 0 aromatic heterocycles. The highest BCUT2D eigenvalue weighted by Gasteiger charge is 2.23. The van der Waals surface area contributed by atoms with Gasteiger partial charge < -0.3 is 9.64 Å². The van der Waals surface area contributed by atoms with Crippen LogP contribution >= 0.6 is 11.8 Å². The summed E-state index contributed by atoms with van der Waals surface area (Å²) < 4.78 is 34.1. The van der Waals surface area contributed by atoms with Crippen LogP contribution in [0.1, 0.15) is 47.2 Å². The fraction of sp³-hybridized carbons (Fsp3) is 0.458. The third-order valence-electron chi connectivity index (χ3n) is 5.60. The van der Waals surface area contributed by atoms with Crippen molar-refractivity contribution >= 4 is 27.7 Å². The third-order valence-corrected chi connectivity index (χ3v) is 7.85. The molecule has 1 N–H and O–H groups in total. The lowest BCUT2D eigenvalue weighted by Crippen LogP contribution is -2.33. The van der Waals surface area contributed by atoms with Crippen molar-refractivity contribution in [3.8, 4) is 5.75 Å². The molecule has 1 saturated heterocycles. The summed E-state index contributed by atoms with van der Waals surface area (Å²) in [4.78, 5) is 15.9. The van der Waals surface area contributed by atoms with Gasteiger partial charge in [-0.05, 0) is 68.3 Å². The van der Waals surface area contributed by atoms with Gasteiger partial charge in [-0.3, -0.25) is 4.79 Å². The number of rotatable bonds is 8. The van der Waals surface area contributed by atoms with Crippen LogP contribution in [0.25, 0.3) is 0 Å². The van der Waals surface area contributed by atoms with E-state index < -0.39 is 10.0 Å². The lowest BCUT2D eigenvalue weighted by Gasteiger charge is -2.22. The lowest BCUT2D eigenvalue weighted by molar-refractivity contribution is 0.0758. The van der Waals surface area contributed by atoms with Crippen molar-refractivity contribution in [2.45, 2.75) is 49.3 Å². The summed E-state index contributed by atoms with van der Waals surface area (Å²) in [5.74, 6) is 0.658. The van der Waals surface area contributed by atoms with E-state index in [2.05, 4.69) is 4.72 Å². The zero-order chi connectivity index (χ0) is 23.1. The normalized spacial score (nSPS) is 14.8. The van der Waals surface area contributed by atoms with Crippen LogP contribution in [0.15, 0.2) is 46.2 Å². The van der Waals surface area contributed by atoms with Gasteiger partial charge in [-0.15, -0.1) is 11.8 Å². The minimum absolute atomic E-state index is 0.0912. The first kappa shape index (κ1) is 24.6. The SMILES string of the molecule is CSc1ccc(S(=O)(=O)NCCOc2cc(C)ccc2C)cc1C(=O)N1CCCCCC1. The molecule has 0 saturated carbocycles. The van der Waals surface area contributed by atoms with Gasteiger partial charge in [0.25, 0.3) is 5.91 Å². The van der Waals surface area contributed by atoms with Gasteiger partial charge in [0.2, 0.25) is 10.0 Å². The maximum Gasteiger partial charge on any atom is 0.255 e. The first-order valence-corrected chi connectivity index (χ1v) is 13.7. The van der Waals surface area contributed by atoms with E-state index in [1.165, 1.54) is 17.8 Å². The summed E-state index contributed by atoms with van der Waals surface area (Å²) in [6.07, 6.45) is 6.12. The molecule has 174 valence electrons. The topological polar surface area (TPSA) is 75.7 Å². The van der Waals surface area contributed by atoms with Gasteiger partial charge in [-0.1, -0.05) is 25.0 Å². The number of nitrogens with one attached hydrogen (secondary N) is 1. The van der Waals surface area contributed by atoms with Crippen LogP contribution in [-0.2, 0) is 10.0 Å². The van der Waals surface area contributed by atoms with E-state index in [0.717, 1.165) is 60.5 Å². The molecule has 0 radical (unpaired) electrons. The third kappa shape index (κ3) is 6.27. The molecule has 1 fully saturated rings. The number of sulfonamides is 1. The number of thioether (sulfide) groups is 1. The van der Waals surface area contributed by atoms with E-state index in [1.54, 1.807) is 12.1 Å². The second-order valence-corrected chi connectivity index (χ2v) is 10.7. The molecule has 1 amide bonds. The number of ether oxygens (including phenoxy) is 1. The maximum absolute atomic E-state index is 13.2. The van der Waals surface area contributed by atoms with E-state index in [-0.39, 0.29) is 24.0 Å². The Hall–Kier alpha value is -2.03. The second kappa shape index (κ2) is 11.2. The van der Waals surface area contributed by atoms with Gasteiger partial charge in [0.1, 0.15) is 12.4 Å². The average molecular weight is 477 g/mol. The Morgan fingerprint density at radius 2 is 1.78 bits per heavy atom. The van der Waals surface area contributed by atoms with Crippen molar-refractivity contribution in [3.05, 3.63) is 53.1 Å². The largest absolute Gasteiger partial charge is 0.492 e. The fourth-order valence-corrected chi connectivity index (χ4v) is 5.36. The average Bonchev–Trinajstić information content (AvgIpc) is 3.07.